The first-order valence-corrected chi connectivity index (χ1v) is 11.0. The van der Waals surface area contributed by atoms with E-state index in [2.05, 4.69) is 55.0 Å². The largest absolute Gasteiger partial charge is 0.298 e. The molecule has 1 aromatic heterocycles. The zero-order valence-electron chi connectivity index (χ0n) is 15.8. The highest BCUT2D eigenvalue weighted by molar-refractivity contribution is 9.10. The maximum atomic E-state index is 11.0. The van der Waals surface area contributed by atoms with Crippen LogP contribution in [0, 0.1) is 10.1 Å². The van der Waals surface area contributed by atoms with Gasteiger partial charge in [0, 0.05) is 27.9 Å². The van der Waals surface area contributed by atoms with Crippen LogP contribution in [0.5, 0.6) is 0 Å². The molecule has 0 bridgehead atoms. The van der Waals surface area contributed by atoms with Crippen molar-refractivity contribution < 1.29 is 4.92 Å². The first-order valence-electron chi connectivity index (χ1n) is 9.19. The number of hydrogen-bond acceptors (Lipinski definition) is 5. The predicted octanol–water partition coefficient (Wildman–Crippen LogP) is 5.96. The van der Waals surface area contributed by atoms with Gasteiger partial charge < -0.3 is 0 Å². The van der Waals surface area contributed by atoms with E-state index in [-0.39, 0.29) is 5.69 Å². The summed E-state index contributed by atoms with van der Waals surface area (Å²) in [6.07, 6.45) is 0. The summed E-state index contributed by atoms with van der Waals surface area (Å²) in [6.45, 7) is 0.612. The fraction of sp³-hybridized carbons (Fsp3) is 0.0909. The van der Waals surface area contributed by atoms with Gasteiger partial charge in [0.2, 0.25) is 0 Å². The Labute approximate surface area is 186 Å². The Morgan fingerprint density at radius 1 is 0.933 bits per heavy atom. The van der Waals surface area contributed by atoms with E-state index < -0.39 is 4.92 Å². The van der Waals surface area contributed by atoms with Gasteiger partial charge in [-0.25, -0.2) is 0 Å². The molecule has 3 aromatic carbocycles. The number of nitro groups is 1. The van der Waals surface area contributed by atoms with Gasteiger partial charge in [0.15, 0.2) is 11.0 Å². The Morgan fingerprint density at radius 3 is 2.37 bits per heavy atom. The van der Waals surface area contributed by atoms with E-state index in [1.165, 1.54) is 17.7 Å². The molecular weight excluding hydrogens is 464 g/mol. The van der Waals surface area contributed by atoms with Crippen molar-refractivity contribution in [3.63, 3.8) is 0 Å². The molecule has 8 heteroatoms. The number of nitrogens with zero attached hydrogens (tertiary/aromatic N) is 4. The minimum Gasteiger partial charge on any atom is -0.298 e. The van der Waals surface area contributed by atoms with Gasteiger partial charge in [0.05, 0.1) is 11.5 Å². The van der Waals surface area contributed by atoms with Gasteiger partial charge in [0.25, 0.3) is 5.69 Å². The Balaban J connectivity index is 1.66. The molecule has 0 saturated carbocycles. The molecule has 0 fully saturated rings. The normalized spacial score (nSPS) is 10.8. The summed E-state index contributed by atoms with van der Waals surface area (Å²) in [5, 5.41) is 20.6. The Morgan fingerprint density at radius 2 is 1.67 bits per heavy atom. The van der Waals surface area contributed by atoms with E-state index >= 15 is 0 Å². The lowest BCUT2D eigenvalue weighted by atomic mass is 10.2. The third kappa shape index (κ3) is 4.77. The van der Waals surface area contributed by atoms with Crippen molar-refractivity contribution in [2.75, 3.05) is 0 Å². The molecular formula is C22H17BrN4O2S. The molecule has 4 aromatic rings. The second kappa shape index (κ2) is 9.23. The fourth-order valence-electron chi connectivity index (χ4n) is 3.02. The molecule has 1 heterocycles. The van der Waals surface area contributed by atoms with E-state index in [0.717, 1.165) is 26.5 Å². The van der Waals surface area contributed by atoms with Gasteiger partial charge in [0.1, 0.15) is 0 Å². The molecule has 0 N–H and O–H groups in total. The maximum absolute atomic E-state index is 11.0. The van der Waals surface area contributed by atoms with Gasteiger partial charge in [-0.1, -0.05) is 70.2 Å². The molecule has 30 heavy (non-hydrogen) atoms. The lowest BCUT2D eigenvalue weighted by Crippen LogP contribution is -2.04. The van der Waals surface area contributed by atoms with Crippen molar-refractivity contribution in [3.05, 3.63) is 105 Å². The van der Waals surface area contributed by atoms with Gasteiger partial charge >= 0.3 is 0 Å². The highest BCUT2D eigenvalue weighted by atomic mass is 79.9. The van der Waals surface area contributed by atoms with E-state index in [0.29, 0.717) is 12.4 Å². The zero-order valence-corrected chi connectivity index (χ0v) is 18.2. The molecule has 0 spiro atoms. The fourth-order valence-corrected chi connectivity index (χ4v) is 4.35. The summed E-state index contributed by atoms with van der Waals surface area (Å²) < 4.78 is 3.09. The van der Waals surface area contributed by atoms with Crippen LogP contribution in [0.1, 0.15) is 11.1 Å². The quantitative estimate of drug-likeness (QED) is 0.185. The maximum Gasteiger partial charge on any atom is 0.269 e. The number of aromatic nitrogens is 3. The molecule has 0 aliphatic heterocycles. The third-order valence-electron chi connectivity index (χ3n) is 4.49. The van der Waals surface area contributed by atoms with Crippen LogP contribution in [0.3, 0.4) is 0 Å². The van der Waals surface area contributed by atoms with E-state index in [1.54, 1.807) is 23.9 Å². The van der Waals surface area contributed by atoms with Gasteiger partial charge in [-0.2, -0.15) is 0 Å². The number of benzene rings is 3. The molecule has 0 unspecified atom stereocenters. The lowest BCUT2D eigenvalue weighted by molar-refractivity contribution is -0.384. The zero-order chi connectivity index (χ0) is 20.9. The van der Waals surface area contributed by atoms with Crippen molar-refractivity contribution in [2.24, 2.45) is 0 Å². The summed E-state index contributed by atoms with van der Waals surface area (Å²) >= 11 is 5.12. The number of nitro benzene ring substituents is 1. The second-order valence-electron chi connectivity index (χ2n) is 6.60. The molecule has 150 valence electrons. The Bertz CT molecular complexity index is 1160. The molecule has 0 atom stereocenters. The van der Waals surface area contributed by atoms with Crippen molar-refractivity contribution in [1.29, 1.82) is 0 Å². The van der Waals surface area contributed by atoms with Crippen LogP contribution < -0.4 is 0 Å². The third-order valence-corrected chi connectivity index (χ3v) is 6.02. The number of hydrogen-bond donors (Lipinski definition) is 0. The first-order chi connectivity index (χ1) is 14.6. The summed E-state index contributed by atoms with van der Waals surface area (Å²) in [7, 11) is 0. The van der Waals surface area contributed by atoms with Crippen molar-refractivity contribution >= 4 is 33.4 Å². The highest BCUT2D eigenvalue weighted by Crippen LogP contribution is 2.29. The average Bonchev–Trinajstić information content (AvgIpc) is 3.15. The van der Waals surface area contributed by atoms with Crippen LogP contribution in [0.25, 0.3) is 11.4 Å². The Kier molecular flexibility index (Phi) is 6.25. The van der Waals surface area contributed by atoms with Crippen LogP contribution >= 0.6 is 27.7 Å². The predicted molar refractivity (Wildman–Crippen MR) is 121 cm³/mol. The van der Waals surface area contributed by atoms with Crippen LogP contribution in [-0.2, 0) is 12.3 Å². The van der Waals surface area contributed by atoms with Crippen LogP contribution in [0.4, 0.5) is 5.69 Å². The van der Waals surface area contributed by atoms with Gasteiger partial charge in [-0.05, 0) is 35.4 Å². The molecule has 0 aliphatic rings. The van der Waals surface area contributed by atoms with E-state index in [1.807, 2.05) is 30.3 Å². The van der Waals surface area contributed by atoms with Crippen molar-refractivity contribution in [2.45, 2.75) is 17.5 Å². The average molecular weight is 481 g/mol. The van der Waals surface area contributed by atoms with Crippen LogP contribution in [-0.4, -0.2) is 19.7 Å². The Hall–Kier alpha value is -2.97. The summed E-state index contributed by atoms with van der Waals surface area (Å²) in [5.74, 6) is 1.44. The monoisotopic (exact) mass is 480 g/mol. The smallest absolute Gasteiger partial charge is 0.269 e. The summed E-state index contributed by atoms with van der Waals surface area (Å²) in [5.41, 5.74) is 3.15. The first kappa shape index (κ1) is 20.3. The molecule has 4 rings (SSSR count). The van der Waals surface area contributed by atoms with Crippen molar-refractivity contribution in [3.8, 4) is 11.4 Å². The number of thioether (sulfide) groups is 1. The standard InChI is InChI=1S/C22H17BrN4O2S/c23-19-8-4-7-17(13-19)15-30-22-25-24-21(18-9-11-20(12-10-18)27(28)29)26(22)14-16-5-2-1-3-6-16/h1-13H,14-15H2. The van der Waals surface area contributed by atoms with Gasteiger partial charge in [-0.15, -0.1) is 10.2 Å². The van der Waals surface area contributed by atoms with E-state index in [9.17, 15) is 10.1 Å². The van der Waals surface area contributed by atoms with Gasteiger partial charge in [-0.3, -0.25) is 14.7 Å². The second-order valence-corrected chi connectivity index (χ2v) is 8.46. The number of rotatable bonds is 7. The van der Waals surface area contributed by atoms with Crippen molar-refractivity contribution in [1.82, 2.24) is 14.8 Å². The summed E-state index contributed by atoms with van der Waals surface area (Å²) in [6, 6.07) is 24.7. The number of non-ortho nitro benzene ring substituents is 1. The molecule has 6 nitrogen and oxygen atoms in total. The minimum absolute atomic E-state index is 0.0529. The summed E-state index contributed by atoms with van der Waals surface area (Å²) in [4.78, 5) is 10.6. The highest BCUT2D eigenvalue weighted by Gasteiger charge is 2.16. The molecule has 0 aliphatic carbocycles. The lowest BCUT2D eigenvalue weighted by Gasteiger charge is -2.11. The van der Waals surface area contributed by atoms with Crippen LogP contribution in [0.15, 0.2) is 88.5 Å². The topological polar surface area (TPSA) is 73.8 Å². The molecule has 0 saturated heterocycles. The number of halogens is 1. The minimum atomic E-state index is -0.405. The molecule has 0 amide bonds. The molecule has 0 radical (unpaired) electrons. The SMILES string of the molecule is O=[N+]([O-])c1ccc(-c2nnc(SCc3cccc(Br)c3)n2Cc2ccccc2)cc1. The van der Waals surface area contributed by atoms with E-state index in [4.69, 9.17) is 0 Å². The van der Waals surface area contributed by atoms with Crippen LogP contribution in [0.2, 0.25) is 0 Å².